The Balaban J connectivity index is 1.33. The van der Waals surface area contributed by atoms with Gasteiger partial charge in [-0.25, -0.2) is 4.79 Å². The van der Waals surface area contributed by atoms with Crippen LogP contribution in [0.3, 0.4) is 0 Å². The van der Waals surface area contributed by atoms with Crippen LogP contribution >= 0.6 is 11.3 Å². The van der Waals surface area contributed by atoms with Crippen LogP contribution in [0.1, 0.15) is 24.8 Å². The second-order valence-electron chi connectivity index (χ2n) is 6.64. The number of aryl methyl sites for hydroxylation is 1. The molecule has 1 aliphatic heterocycles. The summed E-state index contributed by atoms with van der Waals surface area (Å²) in [6.07, 6.45) is 6.76. The number of carbonyl (C=O) groups is 3. The number of fused-ring (bicyclic) bond motifs is 5. The van der Waals surface area contributed by atoms with Crippen molar-refractivity contribution in [3.05, 3.63) is 17.2 Å². The van der Waals surface area contributed by atoms with E-state index in [9.17, 15) is 14.4 Å². The summed E-state index contributed by atoms with van der Waals surface area (Å²) in [5, 5.41) is 14.3. The van der Waals surface area contributed by atoms with E-state index in [-0.39, 0.29) is 42.2 Å². The first-order valence-corrected chi connectivity index (χ1v) is 9.31. The Morgan fingerprint density at radius 1 is 1.24 bits per heavy atom. The van der Waals surface area contributed by atoms with E-state index in [1.807, 2.05) is 19.1 Å². The number of carbonyl (C=O) groups excluding carboxylic acids is 3. The van der Waals surface area contributed by atoms with E-state index in [0.29, 0.717) is 5.13 Å². The van der Waals surface area contributed by atoms with Crippen LogP contribution < -0.4 is 10.6 Å². The standard InChI is InChI=1S/C16H19N5O3S/c1-2-3-10-19-20-16(25-10)18-15(24)17-7-21-13(22)11-8-4-5-9(6-8)12(11)14(21)23/h4-5,8-9,11-12H,2-3,6-7H2,1H3,(H2,17,18,20,24). The zero-order valence-electron chi connectivity index (χ0n) is 13.8. The predicted octanol–water partition coefficient (Wildman–Crippen LogP) is 1.38. The Labute approximate surface area is 148 Å². The Morgan fingerprint density at radius 2 is 1.92 bits per heavy atom. The third-order valence-corrected chi connectivity index (χ3v) is 6.01. The molecular weight excluding hydrogens is 342 g/mol. The summed E-state index contributed by atoms with van der Waals surface area (Å²) in [6.45, 7) is 1.93. The highest BCUT2D eigenvalue weighted by Gasteiger charge is 2.59. The van der Waals surface area contributed by atoms with E-state index in [1.54, 1.807) is 0 Å². The highest BCUT2D eigenvalue weighted by atomic mass is 32.1. The van der Waals surface area contributed by atoms with Gasteiger partial charge in [0.2, 0.25) is 16.9 Å². The van der Waals surface area contributed by atoms with Crippen molar-refractivity contribution in [3.8, 4) is 0 Å². The maximum absolute atomic E-state index is 12.5. The van der Waals surface area contributed by atoms with E-state index in [4.69, 9.17) is 0 Å². The maximum atomic E-state index is 12.5. The molecule has 2 bridgehead atoms. The molecule has 0 aromatic carbocycles. The molecule has 25 heavy (non-hydrogen) atoms. The monoisotopic (exact) mass is 361 g/mol. The summed E-state index contributed by atoms with van der Waals surface area (Å²) >= 11 is 1.32. The van der Waals surface area contributed by atoms with Crippen molar-refractivity contribution in [2.75, 3.05) is 12.0 Å². The number of urea groups is 1. The molecule has 3 aliphatic rings. The lowest BCUT2D eigenvalue weighted by Crippen LogP contribution is -2.43. The van der Waals surface area contributed by atoms with Gasteiger partial charge in [0.25, 0.3) is 0 Å². The molecule has 4 unspecified atom stereocenters. The maximum Gasteiger partial charge on any atom is 0.322 e. The van der Waals surface area contributed by atoms with E-state index < -0.39 is 6.03 Å². The van der Waals surface area contributed by atoms with Crippen molar-refractivity contribution >= 4 is 34.3 Å². The molecule has 1 aromatic rings. The average Bonchev–Trinajstić information content (AvgIpc) is 3.33. The average molecular weight is 361 g/mol. The van der Waals surface area contributed by atoms with Crippen molar-refractivity contribution in [1.29, 1.82) is 0 Å². The van der Waals surface area contributed by atoms with Crippen LogP contribution in [0.2, 0.25) is 0 Å². The molecule has 132 valence electrons. The third-order valence-electron chi connectivity index (χ3n) is 5.11. The van der Waals surface area contributed by atoms with Crippen LogP contribution in [0.5, 0.6) is 0 Å². The van der Waals surface area contributed by atoms with Crippen LogP contribution in [0, 0.1) is 23.7 Å². The van der Waals surface area contributed by atoms with Gasteiger partial charge in [-0.15, -0.1) is 10.2 Å². The first-order valence-electron chi connectivity index (χ1n) is 8.49. The second kappa shape index (κ2) is 6.21. The first kappa shape index (κ1) is 16.2. The number of allylic oxidation sites excluding steroid dienone is 2. The smallest absolute Gasteiger partial charge is 0.320 e. The SMILES string of the molecule is CCCc1nnc(NC(=O)NCN2C(=O)C3C4C=CC(C4)C3C2=O)s1. The summed E-state index contributed by atoms with van der Waals surface area (Å²) < 4.78 is 0. The first-order chi connectivity index (χ1) is 12.1. The van der Waals surface area contributed by atoms with Crippen LogP contribution in [-0.2, 0) is 16.0 Å². The molecule has 0 spiro atoms. The van der Waals surface area contributed by atoms with Crippen LogP contribution in [0.15, 0.2) is 12.2 Å². The van der Waals surface area contributed by atoms with Gasteiger partial charge in [-0.1, -0.05) is 30.4 Å². The van der Waals surface area contributed by atoms with Gasteiger partial charge < -0.3 is 5.32 Å². The van der Waals surface area contributed by atoms with Gasteiger partial charge in [-0.2, -0.15) is 0 Å². The summed E-state index contributed by atoms with van der Waals surface area (Å²) in [6, 6.07) is -0.502. The predicted molar refractivity (Wildman–Crippen MR) is 90.5 cm³/mol. The Morgan fingerprint density at radius 3 is 2.56 bits per heavy atom. The van der Waals surface area contributed by atoms with Crippen molar-refractivity contribution in [2.45, 2.75) is 26.2 Å². The molecule has 1 saturated heterocycles. The molecule has 9 heteroatoms. The lowest BCUT2D eigenvalue weighted by Gasteiger charge is -2.17. The fourth-order valence-corrected chi connectivity index (χ4v) is 4.87. The van der Waals surface area contributed by atoms with E-state index >= 15 is 0 Å². The highest BCUT2D eigenvalue weighted by Crippen LogP contribution is 2.52. The molecule has 2 heterocycles. The molecule has 8 nitrogen and oxygen atoms in total. The Bertz CT molecular complexity index is 731. The van der Waals surface area contributed by atoms with Crippen LogP contribution in [0.25, 0.3) is 0 Å². The van der Waals surface area contributed by atoms with Gasteiger partial charge in [0.05, 0.1) is 11.8 Å². The number of nitrogens with zero attached hydrogens (tertiary/aromatic N) is 3. The van der Waals surface area contributed by atoms with E-state index in [1.165, 1.54) is 16.2 Å². The van der Waals surface area contributed by atoms with Crippen LogP contribution in [-0.4, -0.2) is 39.6 Å². The zero-order valence-corrected chi connectivity index (χ0v) is 14.6. The topological polar surface area (TPSA) is 104 Å². The van der Waals surface area contributed by atoms with Crippen LogP contribution in [0.4, 0.5) is 9.93 Å². The number of aromatic nitrogens is 2. The second-order valence-corrected chi connectivity index (χ2v) is 7.71. The van der Waals surface area contributed by atoms with Gasteiger partial charge in [-0.05, 0) is 24.7 Å². The molecule has 4 amide bonds. The van der Waals surface area contributed by atoms with Gasteiger partial charge in [0.1, 0.15) is 11.7 Å². The molecule has 1 aromatic heterocycles. The minimum absolute atomic E-state index is 0.115. The fourth-order valence-electron chi connectivity index (χ4n) is 4.03. The number of amides is 4. The molecule has 2 fully saturated rings. The highest BCUT2D eigenvalue weighted by molar-refractivity contribution is 7.15. The van der Waals surface area contributed by atoms with E-state index in [2.05, 4.69) is 20.8 Å². The molecular formula is C16H19N5O3S. The fraction of sp³-hybridized carbons (Fsp3) is 0.562. The Hall–Kier alpha value is -2.29. The molecule has 2 aliphatic carbocycles. The minimum atomic E-state index is -0.502. The minimum Gasteiger partial charge on any atom is -0.320 e. The van der Waals surface area contributed by atoms with Gasteiger partial charge in [0.15, 0.2) is 0 Å². The number of anilines is 1. The van der Waals surface area contributed by atoms with Crippen molar-refractivity contribution in [2.24, 2.45) is 23.7 Å². The lowest BCUT2D eigenvalue weighted by atomic mass is 9.85. The summed E-state index contributed by atoms with van der Waals surface area (Å²) in [7, 11) is 0. The number of hydrogen-bond donors (Lipinski definition) is 2. The van der Waals surface area contributed by atoms with Crippen molar-refractivity contribution < 1.29 is 14.4 Å². The van der Waals surface area contributed by atoms with Gasteiger partial charge in [0, 0.05) is 6.42 Å². The quantitative estimate of drug-likeness (QED) is 0.609. The lowest BCUT2D eigenvalue weighted by molar-refractivity contribution is -0.140. The summed E-state index contributed by atoms with van der Waals surface area (Å²) in [5.41, 5.74) is 0. The molecule has 4 rings (SSSR count). The molecule has 4 atom stereocenters. The van der Waals surface area contributed by atoms with Crippen molar-refractivity contribution in [1.82, 2.24) is 20.4 Å². The molecule has 2 N–H and O–H groups in total. The summed E-state index contributed by atoms with van der Waals surface area (Å²) in [5.74, 6) is -0.492. The number of hydrogen-bond acceptors (Lipinski definition) is 6. The van der Waals surface area contributed by atoms with E-state index in [0.717, 1.165) is 24.3 Å². The largest absolute Gasteiger partial charge is 0.322 e. The number of nitrogens with one attached hydrogen (secondary N) is 2. The molecule has 0 radical (unpaired) electrons. The van der Waals surface area contributed by atoms with Crippen molar-refractivity contribution in [3.63, 3.8) is 0 Å². The van der Waals surface area contributed by atoms with Gasteiger partial charge >= 0.3 is 6.03 Å². The summed E-state index contributed by atoms with van der Waals surface area (Å²) in [4.78, 5) is 38.2. The number of likely N-dealkylation sites (tertiary alicyclic amines) is 1. The normalized spacial score (nSPS) is 29.4. The van der Waals surface area contributed by atoms with Gasteiger partial charge in [-0.3, -0.25) is 19.8 Å². The number of rotatable bonds is 5. The number of imide groups is 1. The Kier molecular flexibility index (Phi) is 4.03. The third kappa shape index (κ3) is 2.72. The molecule has 1 saturated carbocycles. The zero-order chi connectivity index (χ0) is 17.6.